The number of nitrogens with zero attached hydrogens (tertiary/aromatic N) is 3. The minimum atomic E-state index is -4.81. The lowest BCUT2D eigenvalue weighted by Gasteiger charge is -2.19. The van der Waals surface area contributed by atoms with Crippen LogP contribution in [0.3, 0.4) is 0 Å². The van der Waals surface area contributed by atoms with Gasteiger partial charge in [0.25, 0.3) is 5.56 Å². The first-order valence-electron chi connectivity index (χ1n) is 9.18. The average molecular weight is 505 g/mol. The lowest BCUT2D eigenvalue weighted by Crippen LogP contribution is -2.33. The number of aromatic amines is 1. The van der Waals surface area contributed by atoms with Crippen molar-refractivity contribution in [2.24, 2.45) is 0 Å². The molecule has 4 rings (SSSR count). The van der Waals surface area contributed by atoms with Crippen LogP contribution in [0.2, 0.25) is 5.02 Å². The minimum absolute atomic E-state index is 0.00585. The number of ether oxygens (including phenoxy) is 1. The van der Waals surface area contributed by atoms with Crippen molar-refractivity contribution in [1.29, 1.82) is 0 Å². The molecule has 0 radical (unpaired) electrons. The molecule has 1 unspecified atom stereocenters. The van der Waals surface area contributed by atoms with E-state index < -0.39 is 44.5 Å². The van der Waals surface area contributed by atoms with E-state index in [1.54, 1.807) is 12.1 Å². The van der Waals surface area contributed by atoms with E-state index in [2.05, 4.69) is 19.5 Å². The Kier molecular flexibility index (Phi) is 6.73. The molecule has 172 valence electrons. The van der Waals surface area contributed by atoms with E-state index in [4.69, 9.17) is 26.1 Å². The number of fused-ring (bicyclic) bond motifs is 1. The van der Waals surface area contributed by atoms with Crippen molar-refractivity contribution in [1.82, 2.24) is 19.5 Å². The van der Waals surface area contributed by atoms with E-state index in [9.17, 15) is 19.6 Å². The highest BCUT2D eigenvalue weighted by Crippen LogP contribution is 2.40. The van der Waals surface area contributed by atoms with E-state index in [0.717, 1.165) is 5.56 Å². The SMILES string of the molecule is O=c1[nH]cnc2c1nc(SCc1ccc(Cl)cc1)n2C1O[C@H](COP(=O)(O)O)[C@@H](O)[C@H]1O. The summed E-state index contributed by atoms with van der Waals surface area (Å²) in [6.45, 7) is -0.660. The Morgan fingerprint density at radius 1 is 1.25 bits per heavy atom. The number of nitrogens with one attached hydrogen (secondary N) is 1. The summed E-state index contributed by atoms with van der Waals surface area (Å²) in [5.74, 6) is 0.439. The quantitative estimate of drug-likeness (QED) is 0.227. The largest absolute Gasteiger partial charge is 0.469 e. The Labute approximate surface area is 189 Å². The second-order valence-electron chi connectivity index (χ2n) is 6.92. The van der Waals surface area contributed by atoms with Crippen LogP contribution in [-0.4, -0.2) is 64.4 Å². The van der Waals surface area contributed by atoms with Gasteiger partial charge in [-0.1, -0.05) is 35.5 Å². The Morgan fingerprint density at radius 2 is 1.97 bits per heavy atom. The van der Waals surface area contributed by atoms with Gasteiger partial charge in [0.05, 0.1) is 12.9 Å². The molecule has 0 amide bonds. The van der Waals surface area contributed by atoms with Gasteiger partial charge in [-0.3, -0.25) is 13.9 Å². The summed E-state index contributed by atoms with van der Waals surface area (Å²) in [5.41, 5.74) is 0.531. The fourth-order valence-electron chi connectivity index (χ4n) is 3.21. The third-order valence-corrected chi connectivity index (χ3v) is 6.49. The number of aliphatic hydroxyl groups is 2. The number of rotatable bonds is 7. The molecule has 0 spiro atoms. The summed E-state index contributed by atoms with van der Waals surface area (Å²) in [4.78, 5) is 40.9. The highest BCUT2D eigenvalue weighted by molar-refractivity contribution is 7.98. The van der Waals surface area contributed by atoms with Crippen LogP contribution in [0, 0.1) is 0 Å². The molecule has 15 heteroatoms. The molecule has 3 aromatic rings. The molecular formula is C17H18ClN4O8PS. The predicted octanol–water partition coefficient (Wildman–Crippen LogP) is 0.794. The number of hydrogen-bond acceptors (Lipinski definition) is 9. The van der Waals surface area contributed by atoms with Crippen molar-refractivity contribution in [3.63, 3.8) is 0 Å². The number of H-pyrrole nitrogens is 1. The Balaban J connectivity index is 1.66. The second-order valence-corrected chi connectivity index (χ2v) is 9.53. The number of halogens is 1. The molecule has 1 aliphatic heterocycles. The summed E-state index contributed by atoms with van der Waals surface area (Å²) in [6, 6.07) is 7.12. The zero-order chi connectivity index (χ0) is 23.0. The van der Waals surface area contributed by atoms with Crippen molar-refractivity contribution in [2.45, 2.75) is 35.4 Å². The summed E-state index contributed by atoms with van der Waals surface area (Å²) in [7, 11) is -4.81. The van der Waals surface area contributed by atoms with Crippen molar-refractivity contribution < 1.29 is 33.8 Å². The Bertz CT molecular complexity index is 1220. The van der Waals surface area contributed by atoms with E-state index in [1.165, 1.54) is 22.7 Å². The molecular weight excluding hydrogens is 487 g/mol. The van der Waals surface area contributed by atoms with Crippen LogP contribution in [0.25, 0.3) is 11.2 Å². The number of hydrogen-bond donors (Lipinski definition) is 5. The number of benzene rings is 1. The number of phosphoric acid groups is 1. The van der Waals surface area contributed by atoms with Crippen LogP contribution in [0.5, 0.6) is 0 Å². The van der Waals surface area contributed by atoms with Gasteiger partial charge in [-0.25, -0.2) is 14.5 Å². The van der Waals surface area contributed by atoms with Crippen LogP contribution in [0.1, 0.15) is 11.8 Å². The summed E-state index contributed by atoms with van der Waals surface area (Å²) >= 11 is 7.15. The van der Waals surface area contributed by atoms with Crippen molar-refractivity contribution in [3.8, 4) is 0 Å². The smallest absolute Gasteiger partial charge is 0.387 e. The van der Waals surface area contributed by atoms with Gasteiger partial charge in [0.15, 0.2) is 22.5 Å². The normalized spacial score (nSPS) is 23.8. The van der Waals surface area contributed by atoms with Crippen LogP contribution in [0.15, 0.2) is 40.5 Å². The van der Waals surface area contributed by atoms with E-state index >= 15 is 0 Å². The minimum Gasteiger partial charge on any atom is -0.387 e. The number of imidazole rings is 1. The Morgan fingerprint density at radius 3 is 2.66 bits per heavy atom. The summed E-state index contributed by atoms with van der Waals surface area (Å²) in [5, 5.41) is 21.8. The van der Waals surface area contributed by atoms with Crippen molar-refractivity contribution in [2.75, 3.05) is 6.61 Å². The summed E-state index contributed by atoms with van der Waals surface area (Å²) in [6.07, 6.45) is -4.32. The predicted molar refractivity (Wildman–Crippen MR) is 113 cm³/mol. The monoisotopic (exact) mass is 504 g/mol. The third kappa shape index (κ3) is 4.91. The number of thioether (sulfide) groups is 1. The highest BCUT2D eigenvalue weighted by atomic mass is 35.5. The first-order valence-corrected chi connectivity index (χ1v) is 12.1. The fraction of sp³-hybridized carbons (Fsp3) is 0.353. The van der Waals surface area contributed by atoms with Crippen LogP contribution in [0.4, 0.5) is 0 Å². The van der Waals surface area contributed by atoms with Gasteiger partial charge >= 0.3 is 7.82 Å². The van der Waals surface area contributed by atoms with Gasteiger partial charge in [0, 0.05) is 10.8 Å². The molecule has 5 N–H and O–H groups in total. The molecule has 1 saturated heterocycles. The van der Waals surface area contributed by atoms with Gasteiger partial charge < -0.3 is 29.7 Å². The van der Waals surface area contributed by atoms with E-state index in [-0.39, 0.29) is 16.3 Å². The molecule has 4 atom stereocenters. The molecule has 1 aliphatic rings. The third-order valence-electron chi connectivity index (χ3n) is 4.73. The standard InChI is InChI=1S/C17H18ClN4O8PS/c18-9-3-1-8(2-4-9)6-32-17-21-11-14(19-7-20-15(11)25)22(17)16-13(24)12(23)10(30-16)5-29-31(26,27)28/h1-4,7,10,12-13,16,23-24H,5-6H2,(H,19,20,25)(H2,26,27,28)/t10-,12-,13-,16?/m1/s1. The maximum atomic E-state index is 12.2. The van der Waals surface area contributed by atoms with Crippen molar-refractivity contribution >= 4 is 42.3 Å². The highest BCUT2D eigenvalue weighted by Gasteiger charge is 2.46. The molecule has 2 aromatic heterocycles. The molecule has 0 bridgehead atoms. The average Bonchev–Trinajstić information content (AvgIpc) is 3.24. The topological polar surface area (TPSA) is 180 Å². The van der Waals surface area contributed by atoms with Gasteiger partial charge in [0.1, 0.15) is 18.3 Å². The lowest BCUT2D eigenvalue weighted by molar-refractivity contribution is -0.0541. The van der Waals surface area contributed by atoms with Crippen LogP contribution < -0.4 is 5.56 Å². The van der Waals surface area contributed by atoms with Crippen LogP contribution >= 0.6 is 31.2 Å². The number of aromatic nitrogens is 4. The lowest BCUT2D eigenvalue weighted by atomic mass is 10.1. The van der Waals surface area contributed by atoms with Gasteiger partial charge in [-0.2, -0.15) is 0 Å². The molecule has 0 aliphatic carbocycles. The first-order chi connectivity index (χ1) is 15.1. The second kappa shape index (κ2) is 9.21. The molecule has 12 nitrogen and oxygen atoms in total. The number of aliphatic hydroxyl groups excluding tert-OH is 2. The van der Waals surface area contributed by atoms with Gasteiger partial charge in [0.2, 0.25) is 0 Å². The molecule has 32 heavy (non-hydrogen) atoms. The van der Waals surface area contributed by atoms with E-state index in [0.29, 0.717) is 10.8 Å². The zero-order valence-corrected chi connectivity index (χ0v) is 18.6. The molecule has 3 heterocycles. The first kappa shape index (κ1) is 23.4. The maximum absolute atomic E-state index is 12.2. The maximum Gasteiger partial charge on any atom is 0.469 e. The molecule has 0 saturated carbocycles. The van der Waals surface area contributed by atoms with E-state index in [1.807, 2.05) is 12.1 Å². The summed E-state index contributed by atoms with van der Waals surface area (Å²) < 4.78 is 22.4. The van der Waals surface area contributed by atoms with Gasteiger partial charge in [-0.15, -0.1) is 0 Å². The van der Waals surface area contributed by atoms with Gasteiger partial charge in [-0.05, 0) is 17.7 Å². The fourth-order valence-corrected chi connectivity index (χ4v) is 4.65. The van der Waals surface area contributed by atoms with Crippen LogP contribution in [-0.2, 0) is 19.6 Å². The molecule has 1 fully saturated rings. The zero-order valence-electron chi connectivity index (χ0n) is 16.1. The van der Waals surface area contributed by atoms with Crippen molar-refractivity contribution in [3.05, 3.63) is 51.5 Å². The molecule has 1 aromatic carbocycles. The number of phosphoric ester groups is 1. The Hall–Kier alpha value is -1.80.